The van der Waals surface area contributed by atoms with Crippen molar-refractivity contribution in [3.8, 4) is 11.4 Å². The maximum Gasteiger partial charge on any atom is 0.233 e. The molecule has 3 heterocycles. The number of hydrogen-bond donors (Lipinski definition) is 0. The molecule has 1 saturated heterocycles. The van der Waals surface area contributed by atoms with Crippen LogP contribution >= 0.6 is 11.8 Å². The van der Waals surface area contributed by atoms with Gasteiger partial charge in [0, 0.05) is 43.7 Å². The van der Waals surface area contributed by atoms with Crippen molar-refractivity contribution >= 4 is 27.5 Å². The quantitative estimate of drug-likeness (QED) is 0.527. The topological polar surface area (TPSA) is 107 Å². The highest BCUT2D eigenvalue weighted by molar-refractivity contribution is 7.99. The van der Waals surface area contributed by atoms with Crippen LogP contribution in [0.15, 0.2) is 29.7 Å². The molecule has 0 bridgehead atoms. The smallest absolute Gasteiger partial charge is 0.233 e. The van der Waals surface area contributed by atoms with Crippen molar-refractivity contribution in [2.75, 3.05) is 37.5 Å². The highest BCUT2D eigenvalue weighted by atomic mass is 32.2. The summed E-state index contributed by atoms with van der Waals surface area (Å²) in [7, 11) is -1.51. The molecule has 162 valence electrons. The van der Waals surface area contributed by atoms with Crippen LogP contribution < -0.4 is 0 Å². The van der Waals surface area contributed by atoms with Crippen LogP contribution in [0.3, 0.4) is 0 Å². The third-order valence-electron chi connectivity index (χ3n) is 5.35. The number of thioether (sulfide) groups is 1. The normalized spacial score (nSPS) is 20.4. The van der Waals surface area contributed by atoms with Gasteiger partial charge in [0.05, 0.1) is 23.9 Å². The van der Waals surface area contributed by atoms with Gasteiger partial charge >= 0.3 is 0 Å². The van der Waals surface area contributed by atoms with Crippen molar-refractivity contribution in [2.45, 2.75) is 36.5 Å². The summed E-state index contributed by atoms with van der Waals surface area (Å²) in [6.07, 6.45) is 6.06. The first-order chi connectivity index (χ1) is 14.5. The Morgan fingerprint density at radius 3 is 2.67 bits per heavy atom. The maximum atomic E-state index is 13.0. The molecule has 1 aliphatic heterocycles. The average Bonchev–Trinajstić information content (AvgIpc) is 3.39. The molecule has 2 aromatic rings. The van der Waals surface area contributed by atoms with Crippen LogP contribution in [0, 0.1) is 0 Å². The SMILES string of the molecule is COCCN(C(=O)CSc1nnc(-c2ccncc2)n1C1CC1)C1CCS(=O)(=O)C1. The van der Waals surface area contributed by atoms with Crippen molar-refractivity contribution in [1.82, 2.24) is 24.6 Å². The number of amides is 1. The van der Waals surface area contributed by atoms with E-state index in [1.807, 2.05) is 12.1 Å². The van der Waals surface area contributed by atoms with Crippen molar-refractivity contribution in [2.24, 2.45) is 0 Å². The summed E-state index contributed by atoms with van der Waals surface area (Å²) in [5.74, 6) is 1.02. The van der Waals surface area contributed by atoms with Crippen LogP contribution in [0.2, 0.25) is 0 Å². The first kappa shape index (κ1) is 21.3. The summed E-state index contributed by atoms with van der Waals surface area (Å²) in [5, 5.41) is 9.40. The molecule has 2 aliphatic rings. The third-order valence-corrected chi connectivity index (χ3v) is 8.02. The van der Waals surface area contributed by atoms with E-state index in [2.05, 4.69) is 19.7 Å². The van der Waals surface area contributed by atoms with Crippen molar-refractivity contribution < 1.29 is 17.9 Å². The predicted molar refractivity (Wildman–Crippen MR) is 113 cm³/mol. The van der Waals surface area contributed by atoms with E-state index in [-0.39, 0.29) is 29.2 Å². The Bertz CT molecular complexity index is 992. The Labute approximate surface area is 180 Å². The molecule has 4 rings (SSSR count). The Kier molecular flexibility index (Phi) is 6.40. The molecule has 2 fully saturated rings. The molecule has 1 saturated carbocycles. The van der Waals surface area contributed by atoms with Crippen LogP contribution in [-0.4, -0.2) is 82.5 Å². The number of methoxy groups -OCH3 is 1. The van der Waals surface area contributed by atoms with E-state index in [0.29, 0.717) is 30.8 Å². The lowest BCUT2D eigenvalue weighted by Gasteiger charge is -2.28. The minimum atomic E-state index is -3.08. The Balaban J connectivity index is 1.48. The van der Waals surface area contributed by atoms with Crippen LogP contribution in [0.4, 0.5) is 0 Å². The van der Waals surface area contributed by atoms with Gasteiger partial charge in [0.2, 0.25) is 5.91 Å². The number of sulfone groups is 1. The zero-order chi connectivity index (χ0) is 21.1. The molecule has 0 spiro atoms. The summed E-state index contributed by atoms with van der Waals surface area (Å²) in [6, 6.07) is 3.86. The number of ether oxygens (including phenoxy) is 1. The molecule has 1 aliphatic carbocycles. The molecule has 30 heavy (non-hydrogen) atoms. The van der Waals surface area contributed by atoms with Crippen molar-refractivity contribution in [3.63, 3.8) is 0 Å². The van der Waals surface area contributed by atoms with Crippen molar-refractivity contribution in [3.05, 3.63) is 24.5 Å². The van der Waals surface area contributed by atoms with Gasteiger partial charge in [0.25, 0.3) is 0 Å². The predicted octanol–water partition coefficient (Wildman–Crippen LogP) is 1.43. The molecular formula is C19H25N5O4S2. The second kappa shape index (κ2) is 9.03. The van der Waals surface area contributed by atoms with Gasteiger partial charge in [-0.25, -0.2) is 8.42 Å². The lowest BCUT2D eigenvalue weighted by atomic mass is 10.2. The number of rotatable bonds is 9. The molecule has 1 unspecified atom stereocenters. The first-order valence-electron chi connectivity index (χ1n) is 9.95. The van der Waals surface area contributed by atoms with Gasteiger partial charge in [-0.3, -0.25) is 14.3 Å². The molecular weight excluding hydrogens is 426 g/mol. The molecule has 1 amide bonds. The summed E-state index contributed by atoms with van der Waals surface area (Å²) in [6.45, 7) is 0.755. The molecule has 1 atom stereocenters. The van der Waals surface area contributed by atoms with E-state index >= 15 is 0 Å². The largest absolute Gasteiger partial charge is 0.383 e. The number of carbonyl (C=O) groups is 1. The van der Waals surface area contributed by atoms with E-state index in [4.69, 9.17) is 4.74 Å². The summed E-state index contributed by atoms with van der Waals surface area (Å²) < 4.78 is 31.0. The number of carbonyl (C=O) groups excluding carboxylic acids is 1. The summed E-state index contributed by atoms with van der Waals surface area (Å²) >= 11 is 1.35. The van der Waals surface area contributed by atoms with Gasteiger partial charge < -0.3 is 9.64 Å². The lowest BCUT2D eigenvalue weighted by Crippen LogP contribution is -2.44. The number of hydrogen-bond acceptors (Lipinski definition) is 8. The summed E-state index contributed by atoms with van der Waals surface area (Å²) in [4.78, 5) is 18.7. The number of pyridine rings is 1. The maximum absolute atomic E-state index is 13.0. The summed E-state index contributed by atoms with van der Waals surface area (Å²) in [5.41, 5.74) is 0.945. The highest BCUT2D eigenvalue weighted by Crippen LogP contribution is 2.41. The third kappa shape index (κ3) is 4.84. The second-order valence-electron chi connectivity index (χ2n) is 7.57. The van der Waals surface area contributed by atoms with Gasteiger partial charge in [-0.2, -0.15) is 0 Å². The molecule has 0 N–H and O–H groups in total. The number of nitrogens with zero attached hydrogens (tertiary/aromatic N) is 5. The lowest BCUT2D eigenvalue weighted by molar-refractivity contribution is -0.130. The van der Waals surface area contributed by atoms with Gasteiger partial charge in [0.15, 0.2) is 20.8 Å². The minimum absolute atomic E-state index is 0.0254. The van der Waals surface area contributed by atoms with Gasteiger partial charge in [-0.15, -0.1) is 10.2 Å². The van der Waals surface area contributed by atoms with E-state index in [1.54, 1.807) is 24.4 Å². The molecule has 11 heteroatoms. The number of aromatic nitrogens is 4. The van der Waals surface area contributed by atoms with E-state index in [9.17, 15) is 13.2 Å². The van der Waals surface area contributed by atoms with E-state index in [1.165, 1.54) is 11.8 Å². The first-order valence-corrected chi connectivity index (χ1v) is 12.8. The van der Waals surface area contributed by atoms with Crippen molar-refractivity contribution in [1.29, 1.82) is 0 Å². The molecule has 0 aromatic carbocycles. The fourth-order valence-corrected chi connectivity index (χ4v) is 6.29. The van der Waals surface area contributed by atoms with Crippen LogP contribution in [0.5, 0.6) is 0 Å². The Morgan fingerprint density at radius 2 is 2.03 bits per heavy atom. The molecule has 9 nitrogen and oxygen atoms in total. The Morgan fingerprint density at radius 1 is 1.27 bits per heavy atom. The molecule has 0 radical (unpaired) electrons. The fourth-order valence-electron chi connectivity index (χ4n) is 3.67. The minimum Gasteiger partial charge on any atom is -0.383 e. The Hall–Kier alpha value is -1.98. The van der Waals surface area contributed by atoms with Gasteiger partial charge in [-0.05, 0) is 31.4 Å². The zero-order valence-corrected chi connectivity index (χ0v) is 18.4. The standard InChI is InChI=1S/C19H25N5O4S2/c1-28-10-9-23(16-6-11-30(26,27)13-16)17(25)12-29-19-22-21-18(24(19)15-2-3-15)14-4-7-20-8-5-14/h4-5,7-8,15-16H,2-3,6,9-13H2,1H3. The average molecular weight is 452 g/mol. The van der Waals surface area contributed by atoms with Gasteiger partial charge in [0.1, 0.15) is 0 Å². The van der Waals surface area contributed by atoms with Gasteiger partial charge in [-0.1, -0.05) is 11.8 Å². The fraction of sp³-hybridized carbons (Fsp3) is 0.579. The van der Waals surface area contributed by atoms with Crippen LogP contribution in [-0.2, 0) is 19.4 Å². The zero-order valence-electron chi connectivity index (χ0n) is 16.8. The molecule has 2 aromatic heterocycles. The van der Waals surface area contributed by atoms with Crippen LogP contribution in [0.25, 0.3) is 11.4 Å². The monoisotopic (exact) mass is 451 g/mol. The second-order valence-corrected chi connectivity index (χ2v) is 10.7. The van der Waals surface area contributed by atoms with E-state index < -0.39 is 9.84 Å². The van der Waals surface area contributed by atoms with Crippen LogP contribution in [0.1, 0.15) is 25.3 Å². The van der Waals surface area contributed by atoms with E-state index in [0.717, 1.165) is 24.2 Å². The highest BCUT2D eigenvalue weighted by Gasteiger charge is 2.35.